The average Bonchev–Trinajstić information content (AvgIpc) is 3.38. The number of aryl methyl sites for hydroxylation is 2. The van der Waals surface area contributed by atoms with E-state index in [9.17, 15) is 18.3 Å². The molecule has 1 aliphatic rings. The number of ether oxygens (including phenoxy) is 1. The molecule has 1 unspecified atom stereocenters. The van der Waals surface area contributed by atoms with Crippen LogP contribution in [0.5, 0.6) is 11.5 Å². The number of carbonyl (C=O) groups excluding carboxylic acids is 1. The number of fused-ring (bicyclic) bond motifs is 2. The number of unbranched alkanes of at least 4 members (excludes halogenated alkanes) is 1. The number of aliphatic hydroxyl groups is 1. The SMILES string of the molecule is CCOC(=O)CC(c1ccc(F)c(CN2Cc3cc(O)ccc3OS2(=O)=O)c1)c1ccc2c(nnn2CCCCO)c1C. The summed E-state index contributed by atoms with van der Waals surface area (Å²) >= 11 is 0. The normalized spacial score (nSPS) is 15.2. The Morgan fingerprint density at radius 3 is 2.74 bits per heavy atom. The predicted octanol–water partition coefficient (Wildman–Crippen LogP) is 4.08. The van der Waals surface area contributed by atoms with Gasteiger partial charge in [-0.25, -0.2) is 9.07 Å². The molecule has 43 heavy (non-hydrogen) atoms. The summed E-state index contributed by atoms with van der Waals surface area (Å²) in [5.41, 5.74) is 4.19. The highest BCUT2D eigenvalue weighted by Crippen LogP contribution is 2.36. The van der Waals surface area contributed by atoms with Crippen LogP contribution in [-0.4, -0.2) is 57.1 Å². The molecule has 0 radical (unpaired) electrons. The Labute approximate surface area is 248 Å². The van der Waals surface area contributed by atoms with E-state index in [2.05, 4.69) is 10.3 Å². The maximum atomic E-state index is 15.2. The number of aliphatic hydroxyl groups excluding tert-OH is 1. The molecule has 0 amide bonds. The lowest BCUT2D eigenvalue weighted by Crippen LogP contribution is -2.37. The van der Waals surface area contributed by atoms with Gasteiger partial charge in [0.2, 0.25) is 0 Å². The van der Waals surface area contributed by atoms with E-state index in [1.807, 2.05) is 19.1 Å². The van der Waals surface area contributed by atoms with Crippen LogP contribution in [0.3, 0.4) is 0 Å². The van der Waals surface area contributed by atoms with Gasteiger partial charge in [-0.3, -0.25) is 4.79 Å². The standard InChI is InChI=1S/C30H33FN4O7S/c1-3-41-29(38)16-25(24-8-10-27-30(19(24)2)32-33-35(27)12-4-5-13-36)20-6-9-26(31)21(14-20)17-34-18-22-15-23(37)7-11-28(22)42-43(34,39)40/h6-11,14-15,25,36-37H,3-5,12-13,16-18H2,1-2H3. The Morgan fingerprint density at radius 1 is 1.16 bits per heavy atom. The molecule has 1 aliphatic heterocycles. The summed E-state index contributed by atoms with van der Waals surface area (Å²) < 4.78 is 54.2. The number of phenolic OH excluding ortho intramolecular Hbond substituents is 1. The Balaban J connectivity index is 1.50. The van der Waals surface area contributed by atoms with Gasteiger partial charge < -0.3 is 19.1 Å². The maximum absolute atomic E-state index is 15.2. The second-order valence-corrected chi connectivity index (χ2v) is 11.9. The van der Waals surface area contributed by atoms with Crippen molar-refractivity contribution in [2.24, 2.45) is 0 Å². The molecular formula is C30H33FN4O7S. The van der Waals surface area contributed by atoms with Gasteiger partial charge in [0, 0.05) is 43.3 Å². The number of halogens is 1. The quantitative estimate of drug-likeness (QED) is 0.189. The summed E-state index contributed by atoms with van der Waals surface area (Å²) in [7, 11) is -4.23. The monoisotopic (exact) mass is 612 g/mol. The number of rotatable bonds is 11. The van der Waals surface area contributed by atoms with Crippen molar-refractivity contribution in [2.75, 3.05) is 13.2 Å². The minimum absolute atomic E-state index is 0.0341. The first kappa shape index (κ1) is 30.4. The molecule has 0 spiro atoms. The lowest BCUT2D eigenvalue weighted by molar-refractivity contribution is -0.143. The van der Waals surface area contributed by atoms with Gasteiger partial charge in [0.15, 0.2) is 0 Å². The van der Waals surface area contributed by atoms with Gasteiger partial charge in [0.05, 0.1) is 18.5 Å². The van der Waals surface area contributed by atoms with Crippen LogP contribution >= 0.6 is 0 Å². The van der Waals surface area contributed by atoms with Crippen molar-refractivity contribution in [1.29, 1.82) is 0 Å². The summed E-state index contributed by atoms with van der Waals surface area (Å²) in [5, 5.41) is 27.6. The molecule has 0 fully saturated rings. The molecule has 4 aromatic rings. The van der Waals surface area contributed by atoms with Gasteiger partial charge in [-0.05, 0) is 73.7 Å². The van der Waals surface area contributed by atoms with Crippen LogP contribution in [-0.2, 0) is 39.5 Å². The van der Waals surface area contributed by atoms with Crippen molar-refractivity contribution in [2.45, 2.75) is 58.7 Å². The smallest absolute Gasteiger partial charge is 0.385 e. The molecule has 1 aromatic heterocycles. The second-order valence-electron chi connectivity index (χ2n) is 10.4. The number of nitrogens with zero attached hydrogens (tertiary/aromatic N) is 4. The van der Waals surface area contributed by atoms with E-state index in [4.69, 9.17) is 14.0 Å². The Bertz CT molecular complexity index is 1760. The molecule has 5 rings (SSSR count). The summed E-state index contributed by atoms with van der Waals surface area (Å²) in [5.74, 6) is -1.54. The van der Waals surface area contributed by atoms with E-state index in [0.29, 0.717) is 29.6 Å². The van der Waals surface area contributed by atoms with E-state index in [1.165, 1.54) is 24.3 Å². The topological polar surface area (TPSA) is 144 Å². The van der Waals surface area contributed by atoms with Crippen LogP contribution in [0.2, 0.25) is 0 Å². The first-order chi connectivity index (χ1) is 20.6. The maximum Gasteiger partial charge on any atom is 0.385 e. The zero-order valence-electron chi connectivity index (χ0n) is 23.9. The van der Waals surface area contributed by atoms with E-state index in [0.717, 1.165) is 27.4 Å². The number of hydrogen-bond acceptors (Lipinski definition) is 9. The number of benzene rings is 3. The highest BCUT2D eigenvalue weighted by atomic mass is 32.2. The third-order valence-electron chi connectivity index (χ3n) is 7.53. The molecular weight excluding hydrogens is 579 g/mol. The number of esters is 1. The van der Waals surface area contributed by atoms with E-state index >= 15 is 4.39 Å². The fraction of sp³-hybridized carbons (Fsp3) is 0.367. The van der Waals surface area contributed by atoms with Crippen molar-refractivity contribution >= 4 is 27.3 Å². The first-order valence-corrected chi connectivity index (χ1v) is 15.4. The van der Waals surface area contributed by atoms with Gasteiger partial charge in [-0.2, -0.15) is 12.7 Å². The van der Waals surface area contributed by atoms with Gasteiger partial charge >= 0.3 is 16.3 Å². The molecule has 3 aromatic carbocycles. The predicted molar refractivity (Wildman–Crippen MR) is 155 cm³/mol. The van der Waals surface area contributed by atoms with E-state index < -0.39 is 28.0 Å². The minimum atomic E-state index is -4.23. The van der Waals surface area contributed by atoms with Crippen LogP contribution in [0.15, 0.2) is 48.5 Å². The fourth-order valence-corrected chi connectivity index (χ4v) is 6.45. The first-order valence-electron chi connectivity index (χ1n) is 14.0. The Kier molecular flexibility index (Phi) is 8.95. The molecule has 11 nitrogen and oxygen atoms in total. The number of aromatic hydroxyl groups is 1. The van der Waals surface area contributed by atoms with Crippen LogP contribution in [0, 0.1) is 12.7 Å². The zero-order valence-corrected chi connectivity index (χ0v) is 24.7. The van der Waals surface area contributed by atoms with Crippen molar-refractivity contribution in [3.05, 3.63) is 82.2 Å². The third-order valence-corrected chi connectivity index (χ3v) is 8.81. The lowest BCUT2D eigenvalue weighted by atomic mass is 9.85. The zero-order chi connectivity index (χ0) is 30.7. The van der Waals surface area contributed by atoms with Crippen molar-refractivity contribution in [1.82, 2.24) is 19.3 Å². The van der Waals surface area contributed by atoms with E-state index in [-0.39, 0.29) is 49.8 Å². The molecule has 0 bridgehead atoms. The van der Waals surface area contributed by atoms with Gasteiger partial charge in [0.1, 0.15) is 22.8 Å². The molecule has 0 aliphatic carbocycles. The van der Waals surface area contributed by atoms with Gasteiger partial charge in [-0.15, -0.1) is 5.10 Å². The van der Waals surface area contributed by atoms with Crippen molar-refractivity contribution in [3.63, 3.8) is 0 Å². The molecule has 2 N–H and O–H groups in total. The van der Waals surface area contributed by atoms with Crippen LogP contribution in [0.1, 0.15) is 59.9 Å². The van der Waals surface area contributed by atoms with Crippen molar-refractivity contribution in [3.8, 4) is 11.5 Å². The molecule has 2 heterocycles. The molecule has 0 saturated carbocycles. The van der Waals surface area contributed by atoms with Crippen LogP contribution in [0.25, 0.3) is 11.0 Å². The summed E-state index contributed by atoms with van der Waals surface area (Å²) in [6, 6.07) is 12.3. The van der Waals surface area contributed by atoms with Crippen molar-refractivity contribution < 1.29 is 36.7 Å². The second kappa shape index (κ2) is 12.7. The largest absolute Gasteiger partial charge is 0.508 e. The number of hydrogen-bond donors (Lipinski definition) is 2. The summed E-state index contributed by atoms with van der Waals surface area (Å²) in [6.45, 7) is 4.04. The highest BCUT2D eigenvalue weighted by Gasteiger charge is 2.33. The van der Waals surface area contributed by atoms with Gasteiger partial charge in [0.25, 0.3) is 0 Å². The van der Waals surface area contributed by atoms with E-state index in [1.54, 1.807) is 23.7 Å². The molecule has 1 atom stereocenters. The van der Waals surface area contributed by atoms with Crippen LogP contribution in [0.4, 0.5) is 4.39 Å². The third kappa shape index (κ3) is 6.48. The number of aromatic nitrogens is 3. The molecule has 0 saturated heterocycles. The average molecular weight is 613 g/mol. The summed E-state index contributed by atoms with van der Waals surface area (Å²) in [6.07, 6.45) is 1.35. The van der Waals surface area contributed by atoms with Gasteiger partial charge in [-0.1, -0.05) is 23.4 Å². The minimum Gasteiger partial charge on any atom is -0.508 e. The fourth-order valence-electron chi connectivity index (χ4n) is 5.36. The Morgan fingerprint density at radius 2 is 1.98 bits per heavy atom. The number of phenols is 1. The summed E-state index contributed by atoms with van der Waals surface area (Å²) in [4.78, 5) is 12.8. The van der Waals surface area contributed by atoms with Crippen LogP contribution < -0.4 is 4.18 Å². The highest BCUT2D eigenvalue weighted by molar-refractivity contribution is 7.84. The number of carbonyl (C=O) groups is 1. The molecule has 228 valence electrons. The Hall–Kier alpha value is -4.07. The molecule has 13 heteroatoms. The lowest BCUT2D eigenvalue weighted by Gasteiger charge is -2.28.